The van der Waals surface area contributed by atoms with Gasteiger partial charge < -0.3 is 15.6 Å². The molecule has 1 fully saturated rings. The molecule has 0 unspecified atom stereocenters. The number of amides is 2. The van der Waals surface area contributed by atoms with Crippen molar-refractivity contribution in [1.82, 2.24) is 15.6 Å². The van der Waals surface area contributed by atoms with Crippen molar-refractivity contribution in [3.05, 3.63) is 35.5 Å². The Balaban J connectivity index is 1.53. The van der Waals surface area contributed by atoms with Crippen LogP contribution in [-0.4, -0.2) is 35.7 Å². The fraction of sp³-hybridized carbons (Fsp3) is 0.421. The van der Waals surface area contributed by atoms with Gasteiger partial charge in [-0.05, 0) is 25.8 Å². The third kappa shape index (κ3) is 3.73. The smallest absolute Gasteiger partial charge is 0.292 e. The quantitative estimate of drug-likeness (QED) is 0.427. The number of aromatic nitrogens is 1. The topological polar surface area (TPSA) is 91.1 Å². The summed E-state index contributed by atoms with van der Waals surface area (Å²) in [5.74, 6) is -1.06. The van der Waals surface area contributed by atoms with E-state index in [1.54, 1.807) is 6.92 Å². The number of ketones is 1. The molecule has 25 heavy (non-hydrogen) atoms. The van der Waals surface area contributed by atoms with Gasteiger partial charge in [-0.1, -0.05) is 31.0 Å². The van der Waals surface area contributed by atoms with Crippen molar-refractivity contribution >= 4 is 28.5 Å². The molecule has 0 saturated heterocycles. The molecule has 1 heterocycles. The summed E-state index contributed by atoms with van der Waals surface area (Å²) < 4.78 is 0. The van der Waals surface area contributed by atoms with Gasteiger partial charge in [-0.25, -0.2) is 0 Å². The largest absolute Gasteiger partial charge is 0.358 e. The number of hydrogen-bond donors (Lipinski definition) is 3. The fourth-order valence-electron chi connectivity index (χ4n) is 3.46. The highest BCUT2D eigenvalue weighted by Gasteiger charge is 2.23. The number of benzene rings is 1. The number of nitrogens with one attached hydrogen (secondary N) is 3. The van der Waals surface area contributed by atoms with Crippen LogP contribution in [0.4, 0.5) is 0 Å². The van der Waals surface area contributed by atoms with Crippen LogP contribution in [0.2, 0.25) is 0 Å². The van der Waals surface area contributed by atoms with Gasteiger partial charge >= 0.3 is 0 Å². The third-order valence-corrected chi connectivity index (χ3v) is 4.76. The van der Waals surface area contributed by atoms with Gasteiger partial charge in [0.1, 0.15) is 0 Å². The summed E-state index contributed by atoms with van der Waals surface area (Å²) in [6.45, 7) is 2.36. The van der Waals surface area contributed by atoms with Gasteiger partial charge in [-0.2, -0.15) is 0 Å². The molecular formula is C19H23N3O3. The number of aromatic amines is 1. The van der Waals surface area contributed by atoms with E-state index in [-0.39, 0.29) is 18.4 Å². The minimum atomic E-state index is -0.650. The molecule has 2 amide bonds. The van der Waals surface area contributed by atoms with Crippen LogP contribution in [0.1, 0.15) is 41.7 Å². The molecule has 1 aromatic heterocycles. The Kier molecular flexibility index (Phi) is 5.16. The molecule has 132 valence electrons. The van der Waals surface area contributed by atoms with Crippen LogP contribution in [0, 0.1) is 12.8 Å². The van der Waals surface area contributed by atoms with E-state index in [4.69, 9.17) is 0 Å². The van der Waals surface area contributed by atoms with Gasteiger partial charge in [0.05, 0.1) is 5.56 Å². The highest BCUT2D eigenvalue weighted by Crippen LogP contribution is 2.24. The standard InChI is InChI=1S/C19H23N3O3/c1-12-16(14-8-4-5-9-15(14)22-12)17(23)19(25)21-11-10-20-18(24)13-6-2-3-7-13/h4-5,8-9,13,22H,2-3,6-7,10-11H2,1H3,(H,20,24)(H,21,25). The second-order valence-corrected chi connectivity index (χ2v) is 6.53. The van der Waals surface area contributed by atoms with Crippen molar-refractivity contribution in [2.75, 3.05) is 13.1 Å². The normalized spacial score (nSPS) is 14.6. The SMILES string of the molecule is Cc1[nH]c2ccccc2c1C(=O)C(=O)NCCNC(=O)C1CCCC1. The van der Waals surface area contributed by atoms with Crippen LogP contribution in [0.25, 0.3) is 10.9 Å². The average molecular weight is 341 g/mol. The van der Waals surface area contributed by atoms with Gasteiger partial charge in [0.15, 0.2) is 0 Å². The third-order valence-electron chi connectivity index (χ3n) is 4.76. The number of carbonyl (C=O) groups excluding carboxylic acids is 3. The van der Waals surface area contributed by atoms with E-state index in [9.17, 15) is 14.4 Å². The number of fused-ring (bicyclic) bond motifs is 1. The van der Waals surface area contributed by atoms with Gasteiger partial charge in [0.25, 0.3) is 11.7 Å². The lowest BCUT2D eigenvalue weighted by Gasteiger charge is -2.10. The summed E-state index contributed by atoms with van der Waals surface area (Å²) in [6.07, 6.45) is 4.09. The Morgan fingerprint density at radius 3 is 2.52 bits per heavy atom. The second-order valence-electron chi connectivity index (χ2n) is 6.53. The lowest BCUT2D eigenvalue weighted by atomic mass is 10.1. The summed E-state index contributed by atoms with van der Waals surface area (Å²) in [6, 6.07) is 7.40. The van der Waals surface area contributed by atoms with E-state index in [0.29, 0.717) is 17.8 Å². The lowest BCUT2D eigenvalue weighted by Crippen LogP contribution is -2.39. The van der Waals surface area contributed by atoms with Gasteiger partial charge in [0, 0.05) is 35.6 Å². The lowest BCUT2D eigenvalue weighted by molar-refractivity contribution is -0.125. The monoisotopic (exact) mass is 341 g/mol. The number of carbonyl (C=O) groups is 3. The highest BCUT2D eigenvalue weighted by atomic mass is 16.2. The van der Waals surface area contributed by atoms with E-state index < -0.39 is 11.7 Å². The Morgan fingerprint density at radius 1 is 1.08 bits per heavy atom. The van der Waals surface area contributed by atoms with Crippen LogP contribution in [0.15, 0.2) is 24.3 Å². The molecule has 1 aliphatic carbocycles. The maximum absolute atomic E-state index is 12.5. The number of aryl methyl sites for hydroxylation is 1. The molecule has 6 nitrogen and oxygen atoms in total. The minimum Gasteiger partial charge on any atom is -0.358 e. The van der Waals surface area contributed by atoms with Crippen molar-refractivity contribution in [3.63, 3.8) is 0 Å². The van der Waals surface area contributed by atoms with Crippen LogP contribution in [0.5, 0.6) is 0 Å². The van der Waals surface area contributed by atoms with Crippen molar-refractivity contribution in [1.29, 1.82) is 0 Å². The minimum absolute atomic E-state index is 0.0468. The van der Waals surface area contributed by atoms with E-state index in [1.165, 1.54) is 0 Å². The van der Waals surface area contributed by atoms with E-state index >= 15 is 0 Å². The molecule has 1 saturated carbocycles. The van der Waals surface area contributed by atoms with Gasteiger partial charge in [0.2, 0.25) is 5.91 Å². The van der Waals surface area contributed by atoms with Crippen molar-refractivity contribution < 1.29 is 14.4 Å². The first-order valence-electron chi connectivity index (χ1n) is 8.75. The molecule has 0 bridgehead atoms. The molecule has 3 N–H and O–H groups in total. The van der Waals surface area contributed by atoms with Gasteiger partial charge in [-0.15, -0.1) is 0 Å². The molecule has 0 aliphatic heterocycles. The van der Waals surface area contributed by atoms with Crippen molar-refractivity contribution in [2.24, 2.45) is 5.92 Å². The fourth-order valence-corrected chi connectivity index (χ4v) is 3.46. The van der Waals surface area contributed by atoms with Gasteiger partial charge in [-0.3, -0.25) is 14.4 Å². The number of H-pyrrole nitrogens is 1. The first-order chi connectivity index (χ1) is 12.1. The molecule has 6 heteroatoms. The van der Waals surface area contributed by atoms with Crippen molar-refractivity contribution in [3.8, 4) is 0 Å². The number of para-hydroxylation sites is 1. The second kappa shape index (κ2) is 7.51. The van der Waals surface area contributed by atoms with Crippen molar-refractivity contribution in [2.45, 2.75) is 32.6 Å². The summed E-state index contributed by atoms with van der Waals surface area (Å²) in [7, 11) is 0. The number of Topliss-reactive ketones (excluding diaryl/α,β-unsaturated/α-hetero) is 1. The molecule has 0 radical (unpaired) electrons. The maximum Gasteiger partial charge on any atom is 0.292 e. The molecule has 3 rings (SSSR count). The maximum atomic E-state index is 12.5. The van der Waals surface area contributed by atoms with Crippen LogP contribution >= 0.6 is 0 Å². The Morgan fingerprint density at radius 2 is 1.76 bits per heavy atom. The predicted octanol–water partition coefficient (Wildman–Crippen LogP) is 2.08. The molecule has 1 aliphatic rings. The summed E-state index contributed by atoms with van der Waals surface area (Å²) in [5, 5.41) is 6.16. The summed E-state index contributed by atoms with van der Waals surface area (Å²) in [4.78, 5) is 39.6. The van der Waals surface area contributed by atoms with Crippen LogP contribution in [-0.2, 0) is 9.59 Å². The van der Waals surface area contributed by atoms with E-state index in [0.717, 1.165) is 36.6 Å². The molecule has 2 aromatic rings. The molecule has 0 spiro atoms. The zero-order chi connectivity index (χ0) is 17.8. The average Bonchev–Trinajstić information content (AvgIpc) is 3.24. The Hall–Kier alpha value is -2.63. The molecule has 0 atom stereocenters. The van der Waals surface area contributed by atoms with E-state index in [1.807, 2.05) is 24.3 Å². The zero-order valence-electron chi connectivity index (χ0n) is 14.4. The highest BCUT2D eigenvalue weighted by molar-refractivity contribution is 6.45. The molecular weight excluding hydrogens is 318 g/mol. The Labute approximate surface area is 146 Å². The zero-order valence-corrected chi connectivity index (χ0v) is 14.4. The molecule has 1 aromatic carbocycles. The van der Waals surface area contributed by atoms with Crippen LogP contribution in [0.3, 0.4) is 0 Å². The summed E-state index contributed by atoms with van der Waals surface area (Å²) in [5.41, 5.74) is 1.92. The van der Waals surface area contributed by atoms with E-state index in [2.05, 4.69) is 15.6 Å². The number of rotatable bonds is 6. The Bertz CT molecular complexity index is 803. The first kappa shape index (κ1) is 17.2. The first-order valence-corrected chi connectivity index (χ1v) is 8.75. The van der Waals surface area contributed by atoms with Crippen LogP contribution < -0.4 is 10.6 Å². The predicted molar refractivity (Wildman–Crippen MR) is 95.3 cm³/mol. The summed E-state index contributed by atoms with van der Waals surface area (Å²) >= 11 is 0. The number of hydrogen-bond acceptors (Lipinski definition) is 3.